The Hall–Kier alpha value is -5.05. The van der Waals surface area contributed by atoms with E-state index < -0.39 is 0 Å². The zero-order chi connectivity index (χ0) is 27.6. The van der Waals surface area contributed by atoms with E-state index in [-0.39, 0.29) is 0 Å². The van der Waals surface area contributed by atoms with Crippen molar-refractivity contribution in [2.24, 2.45) is 0 Å². The van der Waals surface area contributed by atoms with Gasteiger partial charge in [-0.15, -0.1) is 0 Å². The van der Waals surface area contributed by atoms with Crippen molar-refractivity contribution >= 4 is 44.3 Å². The van der Waals surface area contributed by atoms with Crippen molar-refractivity contribution in [2.45, 2.75) is 9.79 Å². The van der Waals surface area contributed by atoms with Gasteiger partial charge in [0.1, 0.15) is 0 Å². The topological polar surface area (TPSA) is 4.93 Å². The maximum atomic E-state index is 2.44. The Labute approximate surface area is 248 Å². The third-order valence-corrected chi connectivity index (χ3v) is 9.75. The fourth-order valence-corrected chi connectivity index (χ4v) is 7.87. The molecule has 0 N–H and O–H groups in total. The van der Waals surface area contributed by atoms with Crippen LogP contribution < -0.4 is 0 Å². The van der Waals surface area contributed by atoms with Crippen LogP contribution in [0.2, 0.25) is 0 Å². The summed E-state index contributed by atoms with van der Waals surface area (Å²) in [5.41, 5.74) is 11.3. The predicted molar refractivity (Wildman–Crippen MR) is 179 cm³/mol. The molecule has 2 heterocycles. The highest BCUT2D eigenvalue weighted by atomic mass is 32.2. The summed E-state index contributed by atoms with van der Waals surface area (Å²) < 4.78 is 2.44. The Kier molecular flexibility index (Phi) is 5.20. The van der Waals surface area contributed by atoms with Crippen molar-refractivity contribution in [1.29, 1.82) is 0 Å². The van der Waals surface area contributed by atoms with Crippen LogP contribution in [0.25, 0.3) is 71.6 Å². The molecule has 1 nitrogen and oxygen atoms in total. The summed E-state index contributed by atoms with van der Waals surface area (Å²) in [6.07, 6.45) is 0. The molecule has 0 spiro atoms. The van der Waals surface area contributed by atoms with Crippen LogP contribution in [-0.4, -0.2) is 4.57 Å². The first-order valence-electron chi connectivity index (χ1n) is 14.4. The highest BCUT2D eigenvalue weighted by Crippen LogP contribution is 2.51. The molecule has 0 unspecified atom stereocenters. The Balaban J connectivity index is 1.29. The van der Waals surface area contributed by atoms with Gasteiger partial charge in [-0.1, -0.05) is 127 Å². The van der Waals surface area contributed by atoms with Crippen LogP contribution in [0.3, 0.4) is 0 Å². The number of nitrogens with zero attached hydrogens (tertiary/aromatic N) is 1. The van der Waals surface area contributed by atoms with E-state index in [0.29, 0.717) is 0 Å². The van der Waals surface area contributed by atoms with E-state index in [0.717, 1.165) is 0 Å². The standard InChI is InChI=1S/C40H25NS/c1-2-11-26(12-3-1)27-21-23-38-34(25-27)33-17-10-16-32-28(22-24-39(42-38)40(32)33)29-13-4-7-18-35(29)41-36-19-8-5-14-30(36)31-15-6-9-20-37(31)41/h1-25H. The molecule has 2 heteroatoms. The van der Waals surface area contributed by atoms with E-state index in [9.17, 15) is 0 Å². The molecule has 0 saturated carbocycles. The van der Waals surface area contributed by atoms with Gasteiger partial charge in [-0.05, 0) is 69.6 Å². The zero-order valence-corrected chi connectivity index (χ0v) is 23.6. The summed E-state index contributed by atoms with van der Waals surface area (Å²) in [6.45, 7) is 0. The van der Waals surface area contributed by atoms with Crippen molar-refractivity contribution in [1.82, 2.24) is 4.57 Å². The summed E-state index contributed by atoms with van der Waals surface area (Å²) in [6, 6.07) is 55.4. The second kappa shape index (κ2) is 9.24. The first-order chi connectivity index (χ1) is 20.8. The first kappa shape index (κ1) is 23.6. The lowest BCUT2D eigenvalue weighted by molar-refractivity contribution is 1.18. The first-order valence-corrected chi connectivity index (χ1v) is 15.2. The fourth-order valence-electron chi connectivity index (χ4n) is 6.76. The van der Waals surface area contributed by atoms with Crippen molar-refractivity contribution in [3.8, 4) is 39.1 Å². The van der Waals surface area contributed by atoms with Crippen LogP contribution in [-0.2, 0) is 0 Å². The Morgan fingerprint density at radius 1 is 0.381 bits per heavy atom. The van der Waals surface area contributed by atoms with Gasteiger partial charge in [0.25, 0.3) is 0 Å². The van der Waals surface area contributed by atoms with Crippen LogP contribution in [0.1, 0.15) is 0 Å². The Morgan fingerprint density at radius 2 is 1.02 bits per heavy atom. The van der Waals surface area contributed by atoms with Crippen LogP contribution in [0, 0.1) is 0 Å². The van der Waals surface area contributed by atoms with Crippen molar-refractivity contribution in [2.75, 3.05) is 0 Å². The molecule has 0 amide bonds. The highest BCUT2D eigenvalue weighted by molar-refractivity contribution is 7.99. The van der Waals surface area contributed by atoms with Crippen LogP contribution in [0.15, 0.2) is 161 Å². The second-order valence-corrected chi connectivity index (χ2v) is 12.0. The third kappa shape index (κ3) is 3.46. The van der Waals surface area contributed by atoms with E-state index in [1.165, 1.54) is 81.4 Å². The summed E-state index contributed by atoms with van der Waals surface area (Å²) in [4.78, 5) is 2.63. The monoisotopic (exact) mass is 551 g/mol. The number of hydrogen-bond acceptors (Lipinski definition) is 1. The third-order valence-electron chi connectivity index (χ3n) is 8.61. The molecule has 0 radical (unpaired) electrons. The summed E-state index contributed by atoms with van der Waals surface area (Å²) >= 11 is 1.88. The van der Waals surface area contributed by atoms with Gasteiger partial charge in [-0.25, -0.2) is 0 Å². The summed E-state index contributed by atoms with van der Waals surface area (Å²) in [5.74, 6) is 0. The molecule has 1 aromatic heterocycles. The molecule has 1 aliphatic heterocycles. The van der Waals surface area contributed by atoms with E-state index in [1.54, 1.807) is 0 Å². The van der Waals surface area contributed by atoms with Gasteiger partial charge in [0.15, 0.2) is 0 Å². The maximum Gasteiger partial charge on any atom is 0.0541 e. The molecule has 8 aromatic rings. The molecule has 7 aromatic carbocycles. The predicted octanol–water partition coefficient (Wildman–Crippen LogP) is 11.4. The SMILES string of the molecule is c1ccc(-c2ccc3c(c2)-c2cccc4c(-c5ccccc5-n5c6ccccc6c6ccccc65)ccc(c24)S3)cc1. The van der Waals surface area contributed by atoms with E-state index in [2.05, 4.69) is 156 Å². The van der Waals surface area contributed by atoms with Crippen molar-refractivity contribution in [3.63, 3.8) is 0 Å². The lowest BCUT2D eigenvalue weighted by atomic mass is 9.90. The van der Waals surface area contributed by atoms with Gasteiger partial charge >= 0.3 is 0 Å². The molecule has 0 atom stereocenters. The summed E-state index contributed by atoms with van der Waals surface area (Å²) in [7, 11) is 0. The molecule has 0 saturated heterocycles. The average Bonchev–Trinajstić information content (AvgIpc) is 3.40. The Morgan fingerprint density at radius 3 is 1.83 bits per heavy atom. The van der Waals surface area contributed by atoms with Crippen molar-refractivity contribution in [3.05, 3.63) is 152 Å². The summed E-state index contributed by atoms with van der Waals surface area (Å²) in [5, 5.41) is 5.19. The molecule has 42 heavy (non-hydrogen) atoms. The number of hydrogen-bond donors (Lipinski definition) is 0. The molecular formula is C40H25NS. The fraction of sp³-hybridized carbons (Fsp3) is 0. The quantitative estimate of drug-likeness (QED) is 0.211. The van der Waals surface area contributed by atoms with Crippen molar-refractivity contribution < 1.29 is 0 Å². The molecule has 0 bridgehead atoms. The zero-order valence-electron chi connectivity index (χ0n) is 22.8. The minimum Gasteiger partial charge on any atom is -0.309 e. The van der Waals surface area contributed by atoms with Gasteiger partial charge in [0.05, 0.1) is 16.7 Å². The van der Waals surface area contributed by atoms with Gasteiger partial charge in [0, 0.05) is 31.5 Å². The van der Waals surface area contributed by atoms with Crippen LogP contribution in [0.4, 0.5) is 0 Å². The number of para-hydroxylation sites is 3. The van der Waals surface area contributed by atoms with E-state index in [4.69, 9.17) is 0 Å². The molecule has 196 valence electrons. The molecular weight excluding hydrogens is 527 g/mol. The van der Waals surface area contributed by atoms with Crippen LogP contribution >= 0.6 is 11.8 Å². The normalized spacial score (nSPS) is 12.2. The molecule has 1 aliphatic rings. The average molecular weight is 552 g/mol. The van der Waals surface area contributed by atoms with Crippen LogP contribution in [0.5, 0.6) is 0 Å². The number of rotatable bonds is 3. The highest BCUT2D eigenvalue weighted by Gasteiger charge is 2.23. The largest absolute Gasteiger partial charge is 0.309 e. The van der Waals surface area contributed by atoms with Gasteiger partial charge in [-0.3, -0.25) is 0 Å². The lowest BCUT2D eigenvalue weighted by Gasteiger charge is -2.23. The van der Waals surface area contributed by atoms with Gasteiger partial charge in [0.2, 0.25) is 0 Å². The smallest absolute Gasteiger partial charge is 0.0541 e. The van der Waals surface area contributed by atoms with E-state index >= 15 is 0 Å². The minimum atomic E-state index is 1.20. The Bertz CT molecular complexity index is 2270. The van der Waals surface area contributed by atoms with E-state index in [1.807, 2.05) is 11.8 Å². The molecule has 9 rings (SSSR count). The number of fused-ring (bicyclic) bond motifs is 5. The van der Waals surface area contributed by atoms with Gasteiger partial charge in [-0.2, -0.15) is 0 Å². The molecule has 0 aliphatic carbocycles. The van der Waals surface area contributed by atoms with Gasteiger partial charge < -0.3 is 4.57 Å². The lowest BCUT2D eigenvalue weighted by Crippen LogP contribution is -1.99. The maximum absolute atomic E-state index is 2.44. The molecule has 0 fully saturated rings. The number of aromatic nitrogens is 1. The second-order valence-electron chi connectivity index (χ2n) is 10.9. The minimum absolute atomic E-state index is 1.20. The number of benzene rings is 7.